The zero-order valence-electron chi connectivity index (χ0n) is 14.4. The number of rotatable bonds is 8. The number of amides is 1. The summed E-state index contributed by atoms with van der Waals surface area (Å²) in [6.07, 6.45) is 3.58. The third kappa shape index (κ3) is 5.43. The van der Waals surface area contributed by atoms with Crippen molar-refractivity contribution < 1.29 is 9.53 Å². The number of hydrogen-bond acceptors (Lipinski definition) is 4. The molecule has 0 unspecified atom stereocenters. The van der Waals surface area contributed by atoms with Gasteiger partial charge in [-0.15, -0.1) is 0 Å². The quantitative estimate of drug-likeness (QED) is 0.746. The van der Waals surface area contributed by atoms with E-state index >= 15 is 0 Å². The van der Waals surface area contributed by atoms with E-state index in [1.807, 2.05) is 17.0 Å². The Morgan fingerprint density at radius 2 is 1.83 bits per heavy atom. The Balaban J connectivity index is 1.71. The van der Waals surface area contributed by atoms with Crippen LogP contribution in [0.15, 0.2) is 24.3 Å². The van der Waals surface area contributed by atoms with Gasteiger partial charge in [0.05, 0.1) is 13.7 Å². The third-order valence-electron chi connectivity index (χ3n) is 4.30. The maximum Gasteiger partial charge on any atom is 0.236 e. The van der Waals surface area contributed by atoms with Crippen molar-refractivity contribution in [2.45, 2.75) is 26.2 Å². The topological polar surface area (TPSA) is 44.8 Å². The molecule has 1 aromatic rings. The molecule has 23 heavy (non-hydrogen) atoms. The first-order valence-corrected chi connectivity index (χ1v) is 8.62. The summed E-state index contributed by atoms with van der Waals surface area (Å²) in [7, 11) is 1.68. The van der Waals surface area contributed by atoms with E-state index in [1.165, 1.54) is 18.5 Å². The predicted molar refractivity (Wildman–Crippen MR) is 94.2 cm³/mol. The lowest BCUT2D eigenvalue weighted by atomic mass is 10.2. The van der Waals surface area contributed by atoms with E-state index in [0.29, 0.717) is 6.54 Å². The Kier molecular flexibility index (Phi) is 7.20. The SMILES string of the molecule is CCCCCNCC(=O)N1CCN(c2ccc(OC)cc2)CC1. The molecule has 0 bridgehead atoms. The molecular weight excluding hydrogens is 290 g/mol. The highest BCUT2D eigenvalue weighted by molar-refractivity contribution is 5.78. The molecule has 1 fully saturated rings. The Hall–Kier alpha value is -1.75. The third-order valence-corrected chi connectivity index (χ3v) is 4.30. The molecule has 5 heteroatoms. The molecule has 1 N–H and O–H groups in total. The van der Waals surface area contributed by atoms with E-state index < -0.39 is 0 Å². The molecule has 0 aromatic heterocycles. The van der Waals surface area contributed by atoms with Crippen LogP contribution >= 0.6 is 0 Å². The molecule has 0 spiro atoms. The lowest BCUT2D eigenvalue weighted by molar-refractivity contribution is -0.130. The van der Waals surface area contributed by atoms with Crippen LogP contribution in [-0.4, -0.2) is 57.2 Å². The van der Waals surface area contributed by atoms with Gasteiger partial charge in [-0.05, 0) is 37.2 Å². The lowest BCUT2D eigenvalue weighted by Crippen LogP contribution is -2.50. The average molecular weight is 319 g/mol. The maximum atomic E-state index is 12.2. The molecule has 1 aliphatic heterocycles. The average Bonchev–Trinajstić information content (AvgIpc) is 2.61. The Labute approximate surface area is 139 Å². The van der Waals surface area contributed by atoms with Crippen LogP contribution in [-0.2, 0) is 4.79 Å². The first-order chi connectivity index (χ1) is 11.2. The summed E-state index contributed by atoms with van der Waals surface area (Å²) in [4.78, 5) is 16.5. The minimum absolute atomic E-state index is 0.218. The van der Waals surface area contributed by atoms with Crippen LogP contribution in [0.5, 0.6) is 5.75 Å². The molecule has 1 saturated heterocycles. The number of carbonyl (C=O) groups excluding carboxylic acids is 1. The number of anilines is 1. The van der Waals surface area contributed by atoms with Gasteiger partial charge in [-0.2, -0.15) is 0 Å². The van der Waals surface area contributed by atoms with Gasteiger partial charge in [0.25, 0.3) is 0 Å². The highest BCUT2D eigenvalue weighted by Crippen LogP contribution is 2.20. The van der Waals surface area contributed by atoms with Gasteiger partial charge in [0.15, 0.2) is 0 Å². The first-order valence-electron chi connectivity index (χ1n) is 8.62. The van der Waals surface area contributed by atoms with Gasteiger partial charge in [0, 0.05) is 31.9 Å². The summed E-state index contributed by atoms with van der Waals surface area (Å²) >= 11 is 0. The van der Waals surface area contributed by atoms with Crippen LogP contribution in [0.2, 0.25) is 0 Å². The van der Waals surface area contributed by atoms with Gasteiger partial charge in [0.1, 0.15) is 5.75 Å². The molecule has 0 saturated carbocycles. The molecule has 5 nitrogen and oxygen atoms in total. The summed E-state index contributed by atoms with van der Waals surface area (Å²) < 4.78 is 5.19. The fourth-order valence-corrected chi connectivity index (χ4v) is 2.81. The summed E-state index contributed by atoms with van der Waals surface area (Å²) in [6, 6.07) is 8.11. The molecule has 2 rings (SSSR count). The van der Waals surface area contributed by atoms with E-state index in [9.17, 15) is 4.79 Å². The molecule has 0 aliphatic carbocycles. The number of unbranched alkanes of at least 4 members (excludes halogenated alkanes) is 2. The van der Waals surface area contributed by atoms with Crippen molar-refractivity contribution >= 4 is 11.6 Å². The largest absolute Gasteiger partial charge is 0.497 e. The second-order valence-electron chi connectivity index (χ2n) is 5.95. The van der Waals surface area contributed by atoms with E-state index in [1.54, 1.807) is 7.11 Å². The highest BCUT2D eigenvalue weighted by Gasteiger charge is 2.20. The number of nitrogens with zero attached hydrogens (tertiary/aromatic N) is 2. The van der Waals surface area contributed by atoms with Crippen molar-refractivity contribution in [3.8, 4) is 5.75 Å². The summed E-state index contributed by atoms with van der Waals surface area (Å²) in [5.41, 5.74) is 1.19. The van der Waals surface area contributed by atoms with Crippen LogP contribution in [0.1, 0.15) is 26.2 Å². The van der Waals surface area contributed by atoms with Crippen LogP contribution in [0.25, 0.3) is 0 Å². The number of methoxy groups -OCH3 is 1. The van der Waals surface area contributed by atoms with Crippen LogP contribution in [0.3, 0.4) is 0 Å². The van der Waals surface area contributed by atoms with Gasteiger partial charge in [0.2, 0.25) is 5.91 Å². The van der Waals surface area contributed by atoms with Crippen molar-refractivity contribution in [1.82, 2.24) is 10.2 Å². The normalized spacial score (nSPS) is 14.9. The van der Waals surface area contributed by atoms with Crippen molar-refractivity contribution in [3.05, 3.63) is 24.3 Å². The first kappa shape index (κ1) is 17.6. The molecule has 128 valence electrons. The van der Waals surface area contributed by atoms with Crippen LogP contribution in [0.4, 0.5) is 5.69 Å². The zero-order chi connectivity index (χ0) is 16.5. The number of benzene rings is 1. The van der Waals surface area contributed by atoms with Crippen LogP contribution < -0.4 is 15.0 Å². The molecule has 1 aromatic carbocycles. The van der Waals surface area contributed by atoms with E-state index in [0.717, 1.165) is 44.9 Å². The summed E-state index contributed by atoms with van der Waals surface area (Å²) in [5, 5.41) is 3.25. The summed E-state index contributed by atoms with van der Waals surface area (Å²) in [6.45, 7) is 6.94. The number of nitrogens with one attached hydrogen (secondary N) is 1. The second kappa shape index (κ2) is 9.40. The van der Waals surface area contributed by atoms with Gasteiger partial charge < -0.3 is 19.9 Å². The minimum atomic E-state index is 0.218. The predicted octanol–water partition coefficient (Wildman–Crippen LogP) is 2.12. The monoisotopic (exact) mass is 319 g/mol. The number of ether oxygens (including phenoxy) is 1. The second-order valence-corrected chi connectivity index (χ2v) is 5.95. The molecule has 1 amide bonds. The highest BCUT2D eigenvalue weighted by atomic mass is 16.5. The van der Waals surface area contributed by atoms with Gasteiger partial charge >= 0.3 is 0 Å². The van der Waals surface area contributed by atoms with Crippen molar-refractivity contribution in [2.75, 3.05) is 51.3 Å². The molecule has 0 atom stereocenters. The number of hydrogen-bond donors (Lipinski definition) is 1. The van der Waals surface area contributed by atoms with Crippen molar-refractivity contribution in [3.63, 3.8) is 0 Å². The Morgan fingerprint density at radius 1 is 1.13 bits per heavy atom. The summed E-state index contributed by atoms with van der Waals surface area (Å²) in [5.74, 6) is 1.09. The Morgan fingerprint density at radius 3 is 2.43 bits per heavy atom. The standard InChI is InChI=1S/C18H29N3O2/c1-3-4-5-10-19-15-18(22)21-13-11-20(12-14-21)16-6-8-17(23-2)9-7-16/h6-9,19H,3-5,10-15H2,1-2H3. The fraction of sp³-hybridized carbons (Fsp3) is 0.611. The van der Waals surface area contributed by atoms with Gasteiger partial charge in [-0.25, -0.2) is 0 Å². The number of carbonyl (C=O) groups is 1. The number of piperazine rings is 1. The van der Waals surface area contributed by atoms with E-state index in [4.69, 9.17) is 4.74 Å². The van der Waals surface area contributed by atoms with Gasteiger partial charge in [-0.3, -0.25) is 4.79 Å². The minimum Gasteiger partial charge on any atom is -0.497 e. The van der Waals surface area contributed by atoms with E-state index in [-0.39, 0.29) is 5.91 Å². The molecule has 1 heterocycles. The van der Waals surface area contributed by atoms with Gasteiger partial charge in [-0.1, -0.05) is 19.8 Å². The van der Waals surface area contributed by atoms with Crippen LogP contribution in [0, 0.1) is 0 Å². The zero-order valence-corrected chi connectivity index (χ0v) is 14.4. The van der Waals surface area contributed by atoms with Crippen molar-refractivity contribution in [1.29, 1.82) is 0 Å². The maximum absolute atomic E-state index is 12.2. The molecule has 1 aliphatic rings. The molecule has 0 radical (unpaired) electrons. The van der Waals surface area contributed by atoms with Crippen molar-refractivity contribution in [2.24, 2.45) is 0 Å². The Bertz CT molecular complexity index is 468. The lowest BCUT2D eigenvalue weighted by Gasteiger charge is -2.36. The molecular formula is C18H29N3O2. The fourth-order valence-electron chi connectivity index (χ4n) is 2.81. The van der Waals surface area contributed by atoms with E-state index in [2.05, 4.69) is 29.3 Å². The smallest absolute Gasteiger partial charge is 0.236 e.